The molecule has 0 aliphatic heterocycles. The number of nitrogens with zero attached hydrogens (tertiary/aromatic N) is 6. The fourth-order valence-electron chi connectivity index (χ4n) is 1.16. The zero-order valence-corrected chi connectivity index (χ0v) is 20.9. The first-order chi connectivity index (χ1) is 13.5. The summed E-state index contributed by atoms with van der Waals surface area (Å²) in [4.78, 5) is 44.8. The minimum Gasteiger partial charge on any atom is -0.651 e. The maximum Gasteiger partial charge on any atom is 2.00 e. The molecular weight excluding hydrogens is 447 g/mol. The van der Waals surface area contributed by atoms with Gasteiger partial charge in [-0.3, -0.25) is 0 Å². The van der Waals surface area contributed by atoms with E-state index in [0.717, 1.165) is 23.1 Å². The molecule has 0 aliphatic carbocycles. The van der Waals surface area contributed by atoms with Crippen molar-refractivity contribution in [3.05, 3.63) is 45.5 Å². The summed E-state index contributed by atoms with van der Waals surface area (Å²) in [5.41, 5.74) is -0.0153. The number of benzene rings is 1. The van der Waals surface area contributed by atoms with Crippen molar-refractivity contribution in [3.63, 3.8) is 0 Å². The predicted molar refractivity (Wildman–Crippen MR) is 119 cm³/mol. The van der Waals surface area contributed by atoms with Gasteiger partial charge in [-0.05, 0) is 0 Å². The Morgan fingerprint density at radius 2 is 0.806 bits per heavy atom. The van der Waals surface area contributed by atoms with E-state index in [2.05, 4.69) is 77.6 Å². The molecule has 1 rings (SSSR count). The van der Waals surface area contributed by atoms with Gasteiger partial charge in [0.25, 0.3) is 0 Å². The molecule has 0 fully saturated rings. The molecule has 0 saturated heterocycles. The average molecular weight is 481 g/mol. The summed E-state index contributed by atoms with van der Waals surface area (Å²) in [7, 11) is 19.3. The normalized spacial score (nSPS) is 9.87. The van der Waals surface area contributed by atoms with Crippen molar-refractivity contribution in [2.24, 2.45) is 0 Å². The largest absolute Gasteiger partial charge is 2.00 e. The van der Waals surface area contributed by atoms with Gasteiger partial charge in [-0.1, -0.05) is 24.3 Å². The third-order valence-corrected chi connectivity index (χ3v) is 2.10. The molecule has 0 aliphatic rings. The van der Waals surface area contributed by atoms with Gasteiger partial charge < -0.3 is 49.4 Å². The SMILES string of the molecule is C[N+](C)(C)C.C[N+](C)(C)C.C[N-]C(=O)C(=O)[N-]c1ccccc1[N-]C(=O)C(=O)[N-]C.[Ni+2]. The van der Waals surface area contributed by atoms with Crippen molar-refractivity contribution in [3.8, 4) is 0 Å². The van der Waals surface area contributed by atoms with Crippen LogP contribution in [0.1, 0.15) is 0 Å². The Morgan fingerprint density at radius 3 is 1.00 bits per heavy atom. The molecule has 10 nitrogen and oxygen atoms in total. The molecule has 4 amide bonds. The Balaban J connectivity index is -0.000000595. The number of hydrogen-bond donors (Lipinski definition) is 0. The summed E-state index contributed by atoms with van der Waals surface area (Å²) >= 11 is 0. The van der Waals surface area contributed by atoms with E-state index in [0.29, 0.717) is 0 Å². The second kappa shape index (κ2) is 15.3. The van der Waals surface area contributed by atoms with E-state index in [1.54, 1.807) is 0 Å². The summed E-state index contributed by atoms with van der Waals surface area (Å²) in [6, 6.07) is 5.82. The number of carbonyl (C=O) groups is 4. The molecular formula is C20H34N6NiO4. The van der Waals surface area contributed by atoms with Gasteiger partial charge in [0, 0.05) is 0 Å². The predicted octanol–water partition coefficient (Wildman–Crippen LogP) is 2.45. The minimum atomic E-state index is -1.09. The third-order valence-electron chi connectivity index (χ3n) is 2.10. The molecule has 0 heterocycles. The monoisotopic (exact) mass is 480 g/mol. The fourth-order valence-corrected chi connectivity index (χ4v) is 1.16. The Hall–Kier alpha value is -2.49. The number of hydrogen-bond acceptors (Lipinski definition) is 4. The molecule has 178 valence electrons. The van der Waals surface area contributed by atoms with Crippen LogP contribution in [-0.4, -0.2) is 103 Å². The molecule has 0 radical (unpaired) electrons. The molecule has 1 aromatic carbocycles. The summed E-state index contributed by atoms with van der Waals surface area (Å²) in [6.45, 7) is 0. The van der Waals surface area contributed by atoms with Crippen LogP contribution in [0.2, 0.25) is 0 Å². The van der Waals surface area contributed by atoms with Crippen LogP contribution in [-0.2, 0) is 35.7 Å². The van der Waals surface area contributed by atoms with Crippen molar-refractivity contribution in [1.29, 1.82) is 0 Å². The second-order valence-electron chi connectivity index (χ2n) is 8.75. The van der Waals surface area contributed by atoms with Crippen molar-refractivity contribution in [2.45, 2.75) is 0 Å². The smallest absolute Gasteiger partial charge is 0.651 e. The van der Waals surface area contributed by atoms with Crippen LogP contribution in [0.3, 0.4) is 0 Å². The van der Waals surface area contributed by atoms with Crippen LogP contribution in [0.5, 0.6) is 0 Å². The number of carbonyl (C=O) groups excluding carboxylic acids is 4. The Morgan fingerprint density at radius 1 is 0.581 bits per heavy atom. The zero-order chi connectivity index (χ0) is 24.1. The first-order valence-corrected chi connectivity index (χ1v) is 8.96. The van der Waals surface area contributed by atoms with Gasteiger partial charge in [-0.25, -0.2) is 0 Å². The maximum absolute atomic E-state index is 11.3. The van der Waals surface area contributed by atoms with Gasteiger partial charge in [0.15, 0.2) is 0 Å². The average Bonchev–Trinajstić information content (AvgIpc) is 2.58. The Labute approximate surface area is 195 Å². The van der Waals surface area contributed by atoms with Gasteiger partial charge in [-0.15, -0.1) is 25.5 Å². The number of likely N-dealkylation sites (N-methyl/N-ethyl adjacent to an activating group) is 2. The van der Waals surface area contributed by atoms with Crippen LogP contribution in [0.4, 0.5) is 11.4 Å². The maximum atomic E-state index is 11.3. The second-order valence-corrected chi connectivity index (χ2v) is 8.75. The third kappa shape index (κ3) is 22.0. The van der Waals surface area contributed by atoms with Crippen molar-refractivity contribution >= 4 is 35.0 Å². The van der Waals surface area contributed by atoms with Crippen LogP contribution in [0, 0.1) is 0 Å². The zero-order valence-electron chi connectivity index (χ0n) is 19.9. The Kier molecular flexibility index (Phi) is 16.4. The van der Waals surface area contributed by atoms with Gasteiger partial charge in [-0.2, -0.15) is 0 Å². The number of para-hydroxylation sites is 2. The first kappa shape index (κ1) is 33.2. The topological polar surface area (TPSA) is 125 Å². The molecule has 11 heteroatoms. The standard InChI is InChI=1S/C12H14N4O4.2C4H12N.Ni/c1-13-9(17)11(19)15-7-5-3-4-6-8(7)16-12(20)10(18)14-2;2*1-5(2,3)4;/h3-6H,1-2H3,(H4,13,14,15,16,17,18,19,20);2*1-4H3;/q;2*+1;+2/p-4. The molecule has 0 saturated carbocycles. The van der Waals surface area contributed by atoms with Crippen LogP contribution in [0.15, 0.2) is 24.3 Å². The van der Waals surface area contributed by atoms with E-state index in [1.807, 2.05) is 0 Å². The molecule has 31 heavy (non-hydrogen) atoms. The van der Waals surface area contributed by atoms with Crippen molar-refractivity contribution in [1.82, 2.24) is 0 Å². The van der Waals surface area contributed by atoms with Gasteiger partial charge in [0.05, 0.1) is 68.2 Å². The Bertz CT molecular complexity index is 654. The summed E-state index contributed by atoms with van der Waals surface area (Å²) in [5.74, 6) is -4.22. The fraction of sp³-hybridized carbons (Fsp3) is 0.500. The van der Waals surface area contributed by atoms with E-state index in [1.165, 1.54) is 24.3 Å². The molecule has 0 bridgehead atoms. The van der Waals surface area contributed by atoms with Gasteiger partial charge in [0.1, 0.15) is 11.8 Å². The van der Waals surface area contributed by atoms with Crippen LogP contribution in [0.25, 0.3) is 21.3 Å². The van der Waals surface area contributed by atoms with Gasteiger partial charge >= 0.3 is 16.5 Å². The van der Waals surface area contributed by atoms with E-state index in [9.17, 15) is 19.2 Å². The summed E-state index contributed by atoms with van der Waals surface area (Å²) < 4.78 is 2.00. The number of rotatable bonds is 2. The summed E-state index contributed by atoms with van der Waals surface area (Å²) in [5, 5.41) is 13.3. The van der Waals surface area contributed by atoms with Crippen molar-refractivity contribution in [2.75, 3.05) is 70.5 Å². The molecule has 0 N–H and O–H groups in total. The van der Waals surface area contributed by atoms with Crippen molar-refractivity contribution < 1.29 is 44.6 Å². The van der Waals surface area contributed by atoms with E-state index < -0.39 is 23.6 Å². The summed E-state index contributed by atoms with van der Waals surface area (Å²) in [6.07, 6.45) is 0. The molecule has 0 atom stereocenters. The van der Waals surface area contributed by atoms with E-state index >= 15 is 0 Å². The van der Waals surface area contributed by atoms with E-state index in [-0.39, 0.29) is 27.9 Å². The molecule has 1 aromatic rings. The van der Waals surface area contributed by atoms with Crippen LogP contribution < -0.4 is 0 Å². The van der Waals surface area contributed by atoms with Gasteiger partial charge in [0.2, 0.25) is 0 Å². The molecule has 0 spiro atoms. The quantitative estimate of drug-likeness (QED) is 0.366. The minimum absolute atomic E-state index is 0. The number of quaternary nitrogens is 2. The van der Waals surface area contributed by atoms with Crippen LogP contribution >= 0.6 is 0 Å². The number of amides is 4. The molecule has 0 aromatic heterocycles. The molecule has 0 unspecified atom stereocenters. The van der Waals surface area contributed by atoms with E-state index in [4.69, 9.17) is 0 Å². The first-order valence-electron chi connectivity index (χ1n) is 8.96.